The first kappa shape index (κ1) is 14.9. The highest BCUT2D eigenvalue weighted by Gasteiger charge is 2.58. The highest BCUT2D eigenvalue weighted by Crippen LogP contribution is 2.57. The molecule has 130 valence electrons. The van der Waals surface area contributed by atoms with Gasteiger partial charge in [0.15, 0.2) is 0 Å². The highest BCUT2D eigenvalue weighted by molar-refractivity contribution is 5.74. The minimum absolute atomic E-state index is 0.197. The van der Waals surface area contributed by atoms with Crippen molar-refractivity contribution in [2.75, 3.05) is 18.8 Å². The Morgan fingerprint density at radius 1 is 1.28 bits per heavy atom. The standard InChI is InChI=1S/C19H23N5O/c1-10-5-13(6-21-18(10)20)16-9-24(19(22-16)12-3-4-12)17-14-7-23(11(2)25)8-15(14)17/h5-6,9,12,14-15,17H,3-4,7-8H2,1-2H3,(H2,20,21)/t14-,15+,17?. The molecule has 1 aliphatic heterocycles. The van der Waals surface area contributed by atoms with Crippen molar-refractivity contribution >= 4 is 11.7 Å². The van der Waals surface area contributed by atoms with E-state index < -0.39 is 0 Å². The number of fused-ring (bicyclic) bond motifs is 1. The second-order valence-electron chi connectivity index (χ2n) is 7.83. The zero-order valence-electron chi connectivity index (χ0n) is 14.6. The Bertz CT molecular complexity index is 857. The molecule has 0 radical (unpaired) electrons. The third-order valence-electron chi connectivity index (χ3n) is 6.03. The third kappa shape index (κ3) is 2.34. The molecule has 2 N–H and O–H groups in total. The van der Waals surface area contributed by atoms with E-state index in [0.29, 0.717) is 29.6 Å². The van der Waals surface area contributed by atoms with E-state index in [0.717, 1.165) is 29.9 Å². The average molecular weight is 337 g/mol. The molecule has 0 bridgehead atoms. The molecule has 0 spiro atoms. The number of aryl methyl sites for hydroxylation is 1. The number of rotatable bonds is 3. The Morgan fingerprint density at radius 2 is 2.00 bits per heavy atom. The van der Waals surface area contributed by atoms with E-state index in [2.05, 4.69) is 21.8 Å². The van der Waals surface area contributed by atoms with Crippen LogP contribution in [0, 0.1) is 18.8 Å². The molecule has 2 aromatic heterocycles. The van der Waals surface area contributed by atoms with Crippen LogP contribution in [-0.4, -0.2) is 38.4 Å². The van der Waals surface area contributed by atoms with Gasteiger partial charge in [-0.1, -0.05) is 0 Å². The molecule has 1 unspecified atom stereocenters. The summed E-state index contributed by atoms with van der Waals surface area (Å²) < 4.78 is 2.41. The zero-order valence-corrected chi connectivity index (χ0v) is 14.6. The van der Waals surface area contributed by atoms with Gasteiger partial charge in [-0.2, -0.15) is 0 Å². The molecule has 3 fully saturated rings. The van der Waals surface area contributed by atoms with Gasteiger partial charge in [0.25, 0.3) is 0 Å². The average Bonchev–Trinajstić information content (AvgIpc) is 3.45. The maximum Gasteiger partial charge on any atom is 0.219 e. The number of hydrogen-bond donors (Lipinski definition) is 1. The Morgan fingerprint density at radius 3 is 2.60 bits per heavy atom. The number of carbonyl (C=O) groups is 1. The number of nitrogens with zero attached hydrogens (tertiary/aromatic N) is 4. The van der Waals surface area contributed by atoms with E-state index in [9.17, 15) is 4.79 Å². The van der Waals surface area contributed by atoms with Crippen molar-refractivity contribution in [3.8, 4) is 11.3 Å². The van der Waals surface area contributed by atoms with Crippen LogP contribution in [0.5, 0.6) is 0 Å². The lowest BCUT2D eigenvalue weighted by molar-refractivity contribution is -0.128. The SMILES string of the molecule is CC(=O)N1C[C@@H]2C(n3cc(-c4cnc(N)c(C)c4)nc3C3CC3)[C@@H]2C1. The molecule has 6 nitrogen and oxygen atoms in total. The number of nitrogens with two attached hydrogens (primary N) is 1. The molecule has 3 heterocycles. The summed E-state index contributed by atoms with van der Waals surface area (Å²) in [6.07, 6.45) is 6.48. The summed E-state index contributed by atoms with van der Waals surface area (Å²) in [6.45, 7) is 5.43. The fourth-order valence-corrected chi connectivity index (χ4v) is 4.32. The number of nitrogen functional groups attached to an aromatic ring is 1. The fourth-order valence-electron chi connectivity index (χ4n) is 4.32. The molecule has 1 amide bonds. The van der Waals surface area contributed by atoms with E-state index in [1.54, 1.807) is 6.92 Å². The van der Waals surface area contributed by atoms with E-state index in [-0.39, 0.29) is 5.91 Å². The molecule has 1 saturated heterocycles. The summed E-state index contributed by atoms with van der Waals surface area (Å²) in [5.74, 6) is 3.78. The van der Waals surface area contributed by atoms with Gasteiger partial charge in [0.2, 0.25) is 5.91 Å². The summed E-state index contributed by atoms with van der Waals surface area (Å²) in [4.78, 5) is 22.8. The van der Waals surface area contributed by atoms with Crippen molar-refractivity contribution in [2.45, 2.75) is 38.6 Å². The number of imidazole rings is 1. The van der Waals surface area contributed by atoms with E-state index in [1.807, 2.05) is 18.0 Å². The van der Waals surface area contributed by atoms with Crippen molar-refractivity contribution in [3.05, 3.63) is 29.8 Å². The normalized spacial score (nSPS) is 27.4. The van der Waals surface area contributed by atoms with Crippen molar-refractivity contribution in [3.63, 3.8) is 0 Å². The molecule has 0 aromatic carbocycles. The number of carbonyl (C=O) groups excluding carboxylic acids is 1. The third-order valence-corrected chi connectivity index (χ3v) is 6.03. The van der Waals surface area contributed by atoms with Crippen LogP contribution in [0.4, 0.5) is 5.82 Å². The molecule has 3 aliphatic rings. The topological polar surface area (TPSA) is 77.0 Å². The van der Waals surface area contributed by atoms with Gasteiger partial charge in [-0.25, -0.2) is 9.97 Å². The predicted molar refractivity (Wildman–Crippen MR) is 94.9 cm³/mol. The summed E-state index contributed by atoms with van der Waals surface area (Å²) in [6, 6.07) is 2.58. The Balaban J connectivity index is 1.46. The van der Waals surface area contributed by atoms with Gasteiger partial charge in [0.1, 0.15) is 11.6 Å². The zero-order chi connectivity index (χ0) is 17.3. The molecule has 25 heavy (non-hydrogen) atoms. The number of aromatic nitrogens is 3. The van der Waals surface area contributed by atoms with Crippen LogP contribution in [0.1, 0.15) is 43.1 Å². The molecular formula is C19H23N5O. The van der Waals surface area contributed by atoms with Crippen LogP contribution in [0.25, 0.3) is 11.3 Å². The summed E-state index contributed by atoms with van der Waals surface area (Å²) in [5, 5.41) is 0. The summed E-state index contributed by atoms with van der Waals surface area (Å²) >= 11 is 0. The Kier molecular flexibility index (Phi) is 3.03. The molecule has 3 atom stereocenters. The number of piperidine rings is 1. The van der Waals surface area contributed by atoms with Gasteiger partial charge in [-0.05, 0) is 31.4 Å². The van der Waals surface area contributed by atoms with Gasteiger partial charge in [-0.3, -0.25) is 4.79 Å². The minimum Gasteiger partial charge on any atom is -0.383 e. The predicted octanol–water partition coefficient (Wildman–Crippen LogP) is 2.36. The monoisotopic (exact) mass is 337 g/mol. The number of anilines is 1. The first-order valence-corrected chi connectivity index (χ1v) is 9.09. The number of pyridine rings is 1. The molecule has 2 saturated carbocycles. The van der Waals surface area contributed by atoms with Gasteiger partial charge < -0.3 is 15.2 Å². The lowest BCUT2D eigenvalue weighted by Gasteiger charge is -2.19. The second-order valence-corrected chi connectivity index (χ2v) is 7.83. The molecular weight excluding hydrogens is 314 g/mol. The number of likely N-dealkylation sites (tertiary alicyclic amines) is 1. The number of amides is 1. The van der Waals surface area contributed by atoms with Crippen molar-refractivity contribution < 1.29 is 4.79 Å². The van der Waals surface area contributed by atoms with E-state index >= 15 is 0 Å². The molecule has 6 heteroatoms. The maximum atomic E-state index is 11.6. The van der Waals surface area contributed by atoms with Crippen LogP contribution in [-0.2, 0) is 4.79 Å². The van der Waals surface area contributed by atoms with Gasteiger partial charge in [-0.15, -0.1) is 0 Å². The Hall–Kier alpha value is -2.37. The lowest BCUT2D eigenvalue weighted by atomic mass is 10.1. The maximum absolute atomic E-state index is 11.6. The van der Waals surface area contributed by atoms with Gasteiger partial charge in [0, 0.05) is 61.8 Å². The smallest absolute Gasteiger partial charge is 0.219 e. The molecule has 5 rings (SSSR count). The summed E-state index contributed by atoms with van der Waals surface area (Å²) in [7, 11) is 0. The minimum atomic E-state index is 0.197. The molecule has 2 aromatic rings. The lowest BCUT2D eigenvalue weighted by Crippen LogP contribution is -2.29. The first-order valence-electron chi connectivity index (χ1n) is 9.09. The van der Waals surface area contributed by atoms with Crippen LogP contribution >= 0.6 is 0 Å². The number of hydrogen-bond acceptors (Lipinski definition) is 4. The van der Waals surface area contributed by atoms with Crippen LogP contribution in [0.15, 0.2) is 18.5 Å². The largest absolute Gasteiger partial charge is 0.383 e. The fraction of sp³-hybridized carbons (Fsp3) is 0.526. The van der Waals surface area contributed by atoms with Crippen molar-refractivity contribution in [1.82, 2.24) is 19.4 Å². The Labute approximate surface area is 147 Å². The molecule has 2 aliphatic carbocycles. The van der Waals surface area contributed by atoms with Crippen LogP contribution in [0.3, 0.4) is 0 Å². The van der Waals surface area contributed by atoms with Gasteiger partial charge in [0.05, 0.1) is 5.69 Å². The second kappa shape index (κ2) is 5.07. The van der Waals surface area contributed by atoms with Crippen LogP contribution < -0.4 is 5.73 Å². The van der Waals surface area contributed by atoms with Crippen molar-refractivity contribution in [2.24, 2.45) is 11.8 Å². The quantitative estimate of drug-likeness (QED) is 0.933. The van der Waals surface area contributed by atoms with Crippen molar-refractivity contribution in [1.29, 1.82) is 0 Å². The summed E-state index contributed by atoms with van der Waals surface area (Å²) in [5.41, 5.74) is 8.86. The highest BCUT2D eigenvalue weighted by atomic mass is 16.2. The van der Waals surface area contributed by atoms with Crippen LogP contribution in [0.2, 0.25) is 0 Å². The van der Waals surface area contributed by atoms with E-state index in [1.165, 1.54) is 18.7 Å². The van der Waals surface area contributed by atoms with Gasteiger partial charge >= 0.3 is 0 Å². The first-order chi connectivity index (χ1) is 12.0. The van der Waals surface area contributed by atoms with E-state index in [4.69, 9.17) is 10.7 Å².